The Balaban J connectivity index is 1.72. The van der Waals surface area contributed by atoms with E-state index in [0.717, 1.165) is 11.1 Å². The highest BCUT2D eigenvalue weighted by Gasteiger charge is 2.05. The number of aryl methyl sites for hydroxylation is 2. The smallest absolute Gasteiger partial charge is 0.335 e. The lowest BCUT2D eigenvalue weighted by atomic mass is 10.1. The van der Waals surface area contributed by atoms with E-state index < -0.39 is 5.97 Å². The van der Waals surface area contributed by atoms with Gasteiger partial charge in [0.1, 0.15) is 0 Å². The summed E-state index contributed by atoms with van der Waals surface area (Å²) in [5, 5.41) is 15.8. The maximum Gasteiger partial charge on any atom is 0.335 e. The molecule has 1 aromatic carbocycles. The van der Waals surface area contributed by atoms with Crippen molar-refractivity contribution in [2.75, 3.05) is 6.54 Å². The number of nitrogens with zero attached hydrogens (tertiary/aromatic N) is 2. The normalized spacial score (nSPS) is 10.4. The van der Waals surface area contributed by atoms with Crippen LogP contribution in [0.15, 0.2) is 36.7 Å². The molecule has 6 heteroatoms. The van der Waals surface area contributed by atoms with Crippen molar-refractivity contribution in [3.8, 4) is 0 Å². The van der Waals surface area contributed by atoms with Gasteiger partial charge >= 0.3 is 5.97 Å². The quantitative estimate of drug-likeness (QED) is 0.810. The largest absolute Gasteiger partial charge is 0.478 e. The molecule has 0 spiro atoms. The lowest BCUT2D eigenvalue weighted by Crippen LogP contribution is -2.25. The Kier molecular flexibility index (Phi) is 5.30. The second kappa shape index (κ2) is 7.40. The van der Waals surface area contributed by atoms with Gasteiger partial charge in [0.05, 0.1) is 11.8 Å². The van der Waals surface area contributed by atoms with Gasteiger partial charge in [-0.1, -0.05) is 12.1 Å². The molecule has 1 heterocycles. The molecule has 0 radical (unpaired) electrons. The molecule has 0 saturated heterocycles. The number of aromatic carboxylic acids is 1. The van der Waals surface area contributed by atoms with Crippen molar-refractivity contribution in [3.63, 3.8) is 0 Å². The summed E-state index contributed by atoms with van der Waals surface area (Å²) in [6.45, 7) is 0.495. The van der Waals surface area contributed by atoms with Crippen molar-refractivity contribution in [3.05, 3.63) is 53.3 Å². The average Bonchev–Trinajstić information content (AvgIpc) is 2.91. The number of carboxylic acids is 1. The van der Waals surface area contributed by atoms with Crippen LogP contribution in [0.1, 0.15) is 27.9 Å². The Hall–Kier alpha value is -2.63. The fraction of sp³-hybridized carbons (Fsp3) is 0.312. The van der Waals surface area contributed by atoms with Crippen molar-refractivity contribution in [1.82, 2.24) is 15.1 Å². The maximum atomic E-state index is 11.8. The van der Waals surface area contributed by atoms with E-state index in [1.165, 1.54) is 0 Å². The van der Waals surface area contributed by atoms with E-state index in [0.29, 0.717) is 25.8 Å². The van der Waals surface area contributed by atoms with Crippen LogP contribution >= 0.6 is 0 Å². The first-order chi connectivity index (χ1) is 10.5. The predicted octanol–water partition coefficient (Wildman–Crippen LogP) is 1.41. The molecule has 1 amide bonds. The average molecular weight is 301 g/mol. The van der Waals surface area contributed by atoms with Crippen LogP contribution in [0.25, 0.3) is 0 Å². The molecule has 0 bridgehead atoms. The summed E-state index contributed by atoms with van der Waals surface area (Å²) in [6, 6.07) is 6.75. The second-order valence-electron chi connectivity index (χ2n) is 5.13. The van der Waals surface area contributed by atoms with Crippen molar-refractivity contribution < 1.29 is 14.7 Å². The minimum absolute atomic E-state index is 0.0155. The topological polar surface area (TPSA) is 84.2 Å². The van der Waals surface area contributed by atoms with E-state index in [1.54, 1.807) is 29.1 Å². The fourth-order valence-electron chi connectivity index (χ4n) is 2.15. The second-order valence-corrected chi connectivity index (χ2v) is 5.13. The Morgan fingerprint density at radius 3 is 2.77 bits per heavy atom. The number of carbonyl (C=O) groups excluding carboxylic acids is 1. The molecular weight excluding hydrogens is 282 g/mol. The van der Waals surface area contributed by atoms with Gasteiger partial charge in [0.15, 0.2) is 0 Å². The SMILES string of the molecule is Cn1cc(CCC(=O)NCCc2cccc(C(=O)O)c2)cn1. The zero-order valence-corrected chi connectivity index (χ0v) is 12.5. The van der Waals surface area contributed by atoms with Crippen LogP contribution < -0.4 is 5.32 Å². The predicted molar refractivity (Wildman–Crippen MR) is 81.6 cm³/mol. The first-order valence-electron chi connectivity index (χ1n) is 7.11. The minimum atomic E-state index is -0.942. The minimum Gasteiger partial charge on any atom is -0.478 e. The number of nitrogens with one attached hydrogen (secondary N) is 1. The monoisotopic (exact) mass is 301 g/mol. The zero-order chi connectivity index (χ0) is 15.9. The maximum absolute atomic E-state index is 11.8. The van der Waals surface area contributed by atoms with Gasteiger partial charge in [0.25, 0.3) is 0 Å². The highest BCUT2D eigenvalue weighted by Crippen LogP contribution is 2.06. The number of aromatic nitrogens is 2. The van der Waals surface area contributed by atoms with Crippen LogP contribution in [0.2, 0.25) is 0 Å². The molecule has 6 nitrogen and oxygen atoms in total. The van der Waals surface area contributed by atoms with Gasteiger partial charge in [-0.3, -0.25) is 9.48 Å². The Morgan fingerprint density at radius 1 is 1.27 bits per heavy atom. The van der Waals surface area contributed by atoms with E-state index in [-0.39, 0.29) is 11.5 Å². The molecule has 0 aliphatic carbocycles. The molecule has 0 atom stereocenters. The van der Waals surface area contributed by atoms with Crippen molar-refractivity contribution in [1.29, 1.82) is 0 Å². The Labute approximate surface area is 128 Å². The van der Waals surface area contributed by atoms with E-state index in [2.05, 4.69) is 10.4 Å². The van der Waals surface area contributed by atoms with Gasteiger partial charge in [-0.15, -0.1) is 0 Å². The molecule has 2 rings (SSSR count). The lowest BCUT2D eigenvalue weighted by Gasteiger charge is -2.05. The summed E-state index contributed by atoms with van der Waals surface area (Å²) in [5.74, 6) is -0.958. The molecule has 0 aliphatic rings. The molecule has 116 valence electrons. The van der Waals surface area contributed by atoms with E-state index in [1.807, 2.05) is 19.3 Å². The van der Waals surface area contributed by atoms with Gasteiger partial charge in [-0.25, -0.2) is 4.79 Å². The van der Waals surface area contributed by atoms with Gasteiger partial charge in [-0.2, -0.15) is 5.10 Å². The molecule has 0 saturated carbocycles. The Bertz CT molecular complexity index is 664. The summed E-state index contributed by atoms with van der Waals surface area (Å²) in [5.41, 5.74) is 2.19. The Morgan fingerprint density at radius 2 is 2.09 bits per heavy atom. The van der Waals surface area contributed by atoms with Crippen LogP contribution in [0, 0.1) is 0 Å². The number of carboxylic acid groups (broad SMARTS) is 1. The molecule has 0 aliphatic heterocycles. The highest BCUT2D eigenvalue weighted by atomic mass is 16.4. The zero-order valence-electron chi connectivity index (χ0n) is 12.5. The highest BCUT2D eigenvalue weighted by molar-refractivity contribution is 5.87. The van der Waals surface area contributed by atoms with Crippen LogP contribution in [0.5, 0.6) is 0 Å². The number of carbonyl (C=O) groups is 2. The fourth-order valence-corrected chi connectivity index (χ4v) is 2.15. The summed E-state index contributed by atoms with van der Waals surface area (Å²) in [4.78, 5) is 22.6. The molecule has 22 heavy (non-hydrogen) atoms. The third-order valence-corrected chi connectivity index (χ3v) is 3.31. The van der Waals surface area contributed by atoms with E-state index >= 15 is 0 Å². The van der Waals surface area contributed by atoms with Crippen molar-refractivity contribution in [2.24, 2.45) is 7.05 Å². The summed E-state index contributed by atoms with van der Waals surface area (Å²) >= 11 is 0. The van der Waals surface area contributed by atoms with Crippen LogP contribution in [-0.2, 0) is 24.7 Å². The van der Waals surface area contributed by atoms with Gasteiger partial charge < -0.3 is 10.4 Å². The lowest BCUT2D eigenvalue weighted by molar-refractivity contribution is -0.121. The van der Waals surface area contributed by atoms with Gasteiger partial charge in [-0.05, 0) is 36.1 Å². The molecule has 1 aromatic heterocycles. The van der Waals surface area contributed by atoms with Gasteiger partial charge in [0, 0.05) is 26.2 Å². The van der Waals surface area contributed by atoms with Crippen molar-refractivity contribution in [2.45, 2.75) is 19.3 Å². The number of amides is 1. The number of benzene rings is 1. The van der Waals surface area contributed by atoms with Crippen LogP contribution in [-0.4, -0.2) is 33.3 Å². The summed E-state index contributed by atoms with van der Waals surface area (Å²) in [7, 11) is 1.84. The van der Waals surface area contributed by atoms with E-state index in [4.69, 9.17) is 5.11 Å². The number of rotatable bonds is 7. The molecule has 2 aromatic rings. The van der Waals surface area contributed by atoms with E-state index in [9.17, 15) is 9.59 Å². The number of hydrogen-bond acceptors (Lipinski definition) is 3. The van der Waals surface area contributed by atoms with Crippen molar-refractivity contribution >= 4 is 11.9 Å². The van der Waals surface area contributed by atoms with Gasteiger partial charge in [0.2, 0.25) is 5.91 Å². The molecular formula is C16H19N3O3. The number of hydrogen-bond donors (Lipinski definition) is 2. The first kappa shape index (κ1) is 15.8. The third-order valence-electron chi connectivity index (χ3n) is 3.31. The molecule has 2 N–H and O–H groups in total. The molecule has 0 fully saturated rings. The molecule has 0 unspecified atom stereocenters. The van der Waals surface area contributed by atoms with Crippen LogP contribution in [0.4, 0.5) is 0 Å². The van der Waals surface area contributed by atoms with Crippen LogP contribution in [0.3, 0.4) is 0 Å². The summed E-state index contributed by atoms with van der Waals surface area (Å²) < 4.78 is 1.71. The first-order valence-corrected chi connectivity index (χ1v) is 7.11. The standard InChI is InChI=1S/C16H19N3O3/c1-19-11-13(10-18-19)5-6-15(20)17-8-7-12-3-2-4-14(9-12)16(21)22/h2-4,9-11H,5-8H2,1H3,(H,17,20)(H,21,22). The summed E-state index contributed by atoms with van der Waals surface area (Å²) in [6.07, 6.45) is 5.34. The third kappa shape index (κ3) is 4.73.